The molecule has 0 atom stereocenters. The van der Waals surface area contributed by atoms with E-state index in [0.29, 0.717) is 0 Å². The minimum absolute atomic E-state index is 0.200. The lowest BCUT2D eigenvalue weighted by molar-refractivity contribution is -0.132. The van der Waals surface area contributed by atoms with Crippen molar-refractivity contribution in [2.45, 2.75) is 0 Å². The topological polar surface area (TPSA) is 125 Å². The van der Waals surface area contributed by atoms with Gasteiger partial charge in [0.1, 0.15) is 17.4 Å². The molecule has 0 saturated carbocycles. The van der Waals surface area contributed by atoms with Gasteiger partial charge in [-0.05, 0) is 23.8 Å². The van der Waals surface area contributed by atoms with Crippen LogP contribution in [0.15, 0.2) is 29.8 Å². The number of benzene rings is 1. The van der Waals surface area contributed by atoms with E-state index in [0.717, 1.165) is 12.1 Å². The number of nitrogens with zero attached hydrogens (tertiary/aromatic N) is 1. The first-order valence-electron chi connectivity index (χ1n) is 4.44. The Labute approximate surface area is 103 Å². The minimum Gasteiger partial charge on any atom is -0.477 e. The van der Waals surface area contributed by atoms with Crippen molar-refractivity contribution in [2.75, 3.05) is 0 Å². The molecule has 0 bridgehead atoms. The molecule has 0 fully saturated rings. The second-order valence-corrected chi connectivity index (χ2v) is 4.08. The van der Waals surface area contributed by atoms with Crippen LogP contribution in [0.1, 0.15) is 5.56 Å². The Morgan fingerprint density at radius 2 is 2.11 bits per heavy atom. The highest BCUT2D eigenvalue weighted by atomic mass is 32.3. The van der Waals surface area contributed by atoms with Crippen molar-refractivity contribution in [1.82, 2.24) is 0 Å². The number of hydrogen-bond acceptors (Lipinski definition) is 5. The van der Waals surface area contributed by atoms with Crippen LogP contribution in [-0.2, 0) is 15.2 Å². The summed E-state index contributed by atoms with van der Waals surface area (Å²) in [7, 11) is -4.65. The van der Waals surface area contributed by atoms with Crippen molar-refractivity contribution < 1.29 is 27.1 Å². The molecule has 0 amide bonds. The van der Waals surface area contributed by atoms with Gasteiger partial charge in [0.2, 0.25) is 0 Å². The number of nitriles is 1. The summed E-state index contributed by atoms with van der Waals surface area (Å²) in [6.45, 7) is 0. The number of rotatable bonds is 4. The van der Waals surface area contributed by atoms with Gasteiger partial charge in [-0.3, -0.25) is 4.55 Å². The number of hydrogen-bond donors (Lipinski definition) is 2. The van der Waals surface area contributed by atoms with Crippen LogP contribution in [0.2, 0.25) is 0 Å². The second kappa shape index (κ2) is 5.31. The summed E-state index contributed by atoms with van der Waals surface area (Å²) in [5.41, 5.74) is -0.269. The Morgan fingerprint density at radius 1 is 1.44 bits per heavy atom. The lowest BCUT2D eigenvalue weighted by atomic mass is 10.1. The molecule has 0 heterocycles. The fraction of sp³-hybridized carbons (Fsp3) is 0. The molecule has 1 rings (SSSR count). The SMILES string of the molecule is N#CC(=Cc1cccc(OS(=O)(=O)O)c1)C(=O)O. The molecular weight excluding hydrogens is 262 g/mol. The van der Waals surface area contributed by atoms with Gasteiger partial charge < -0.3 is 9.29 Å². The standard InChI is InChI=1S/C10H7NO6S/c11-6-8(10(12)13)4-7-2-1-3-9(5-7)17-18(14,15)16/h1-5H,(H,12,13)(H,14,15,16). The molecule has 7 nitrogen and oxygen atoms in total. The predicted molar refractivity (Wildman–Crippen MR) is 59.8 cm³/mol. The average molecular weight is 269 g/mol. The summed E-state index contributed by atoms with van der Waals surface area (Å²) in [5.74, 6) is -1.60. The summed E-state index contributed by atoms with van der Waals surface area (Å²) < 4.78 is 33.6. The highest BCUT2D eigenvalue weighted by Gasteiger charge is 2.08. The summed E-state index contributed by atoms with van der Waals surface area (Å²) in [5, 5.41) is 17.2. The maximum Gasteiger partial charge on any atom is 0.446 e. The van der Waals surface area contributed by atoms with E-state index >= 15 is 0 Å². The Kier molecular flexibility index (Phi) is 4.04. The number of carbonyl (C=O) groups is 1. The van der Waals surface area contributed by atoms with Gasteiger partial charge in [-0.15, -0.1) is 0 Å². The monoisotopic (exact) mass is 269 g/mol. The van der Waals surface area contributed by atoms with E-state index < -0.39 is 21.9 Å². The van der Waals surface area contributed by atoms with Gasteiger partial charge in [0, 0.05) is 0 Å². The molecule has 0 aliphatic rings. The zero-order valence-electron chi connectivity index (χ0n) is 8.77. The molecule has 0 radical (unpaired) electrons. The number of aliphatic carboxylic acids is 1. The van der Waals surface area contributed by atoms with Gasteiger partial charge in [0.05, 0.1) is 0 Å². The van der Waals surface area contributed by atoms with Gasteiger partial charge >= 0.3 is 16.4 Å². The van der Waals surface area contributed by atoms with Crippen molar-refractivity contribution in [1.29, 1.82) is 5.26 Å². The highest BCUT2D eigenvalue weighted by Crippen LogP contribution is 2.17. The third-order valence-electron chi connectivity index (χ3n) is 1.72. The van der Waals surface area contributed by atoms with E-state index in [1.54, 1.807) is 0 Å². The number of carboxylic acids is 1. The Hall–Kier alpha value is -2.37. The molecule has 0 unspecified atom stereocenters. The van der Waals surface area contributed by atoms with Crippen LogP contribution in [0.4, 0.5) is 0 Å². The minimum atomic E-state index is -4.65. The maximum absolute atomic E-state index is 10.6. The van der Waals surface area contributed by atoms with Crippen LogP contribution < -0.4 is 4.18 Å². The van der Waals surface area contributed by atoms with E-state index in [4.69, 9.17) is 14.9 Å². The molecule has 0 spiro atoms. The van der Waals surface area contributed by atoms with Crippen LogP contribution in [0.5, 0.6) is 5.75 Å². The Bertz CT molecular complexity index is 641. The van der Waals surface area contributed by atoms with Crippen LogP contribution in [0.25, 0.3) is 6.08 Å². The molecule has 1 aromatic rings. The van der Waals surface area contributed by atoms with Crippen molar-refractivity contribution >= 4 is 22.4 Å². The lowest BCUT2D eigenvalue weighted by Gasteiger charge is -2.02. The molecule has 0 saturated heterocycles. The fourth-order valence-electron chi connectivity index (χ4n) is 1.09. The third-order valence-corrected chi connectivity index (χ3v) is 2.12. The molecule has 0 aromatic heterocycles. The Morgan fingerprint density at radius 3 is 2.61 bits per heavy atom. The van der Waals surface area contributed by atoms with Gasteiger partial charge in [0.25, 0.3) is 0 Å². The van der Waals surface area contributed by atoms with Crippen LogP contribution in [0, 0.1) is 11.3 Å². The van der Waals surface area contributed by atoms with Crippen LogP contribution in [0.3, 0.4) is 0 Å². The largest absolute Gasteiger partial charge is 0.477 e. The smallest absolute Gasteiger partial charge is 0.446 e. The van der Waals surface area contributed by atoms with E-state index in [-0.39, 0.29) is 11.3 Å². The quantitative estimate of drug-likeness (QED) is 0.471. The third kappa shape index (κ3) is 4.25. The summed E-state index contributed by atoms with van der Waals surface area (Å²) in [4.78, 5) is 10.6. The first-order valence-corrected chi connectivity index (χ1v) is 5.80. The van der Waals surface area contributed by atoms with E-state index in [2.05, 4.69) is 4.18 Å². The molecule has 1 aromatic carbocycles. The van der Waals surface area contributed by atoms with Crippen molar-refractivity contribution in [2.24, 2.45) is 0 Å². The zero-order chi connectivity index (χ0) is 13.8. The summed E-state index contributed by atoms with van der Waals surface area (Å²) in [6, 6.07) is 6.70. The molecule has 0 aliphatic heterocycles. The molecule has 94 valence electrons. The zero-order valence-corrected chi connectivity index (χ0v) is 9.59. The molecule has 8 heteroatoms. The summed E-state index contributed by atoms with van der Waals surface area (Å²) >= 11 is 0. The van der Waals surface area contributed by atoms with Gasteiger partial charge in [0.15, 0.2) is 0 Å². The van der Waals surface area contributed by atoms with E-state index in [1.807, 2.05) is 0 Å². The van der Waals surface area contributed by atoms with Crippen molar-refractivity contribution in [3.8, 4) is 11.8 Å². The van der Waals surface area contributed by atoms with Crippen molar-refractivity contribution in [3.63, 3.8) is 0 Å². The fourth-order valence-corrected chi connectivity index (χ4v) is 1.43. The van der Waals surface area contributed by atoms with Gasteiger partial charge in [-0.25, -0.2) is 4.79 Å². The van der Waals surface area contributed by atoms with E-state index in [1.165, 1.54) is 24.3 Å². The number of carboxylic acid groups (broad SMARTS) is 1. The predicted octanol–water partition coefficient (Wildman–Crippen LogP) is 0.860. The first kappa shape index (κ1) is 13.7. The van der Waals surface area contributed by atoms with Crippen LogP contribution in [-0.4, -0.2) is 24.0 Å². The summed E-state index contributed by atoms with van der Waals surface area (Å²) in [6.07, 6.45) is 1.04. The maximum atomic E-state index is 10.6. The average Bonchev–Trinajstić information content (AvgIpc) is 2.23. The van der Waals surface area contributed by atoms with Gasteiger partial charge in [-0.2, -0.15) is 13.7 Å². The van der Waals surface area contributed by atoms with E-state index in [9.17, 15) is 13.2 Å². The van der Waals surface area contributed by atoms with Crippen molar-refractivity contribution in [3.05, 3.63) is 35.4 Å². The first-order chi connectivity index (χ1) is 8.31. The van der Waals surface area contributed by atoms with Gasteiger partial charge in [-0.1, -0.05) is 12.1 Å². The molecule has 2 N–H and O–H groups in total. The molecule has 18 heavy (non-hydrogen) atoms. The lowest BCUT2D eigenvalue weighted by Crippen LogP contribution is -2.06. The molecular formula is C10H7NO6S. The second-order valence-electron chi connectivity index (χ2n) is 3.06. The van der Waals surface area contributed by atoms with Crippen LogP contribution >= 0.6 is 0 Å². The highest BCUT2D eigenvalue weighted by molar-refractivity contribution is 7.81. The Balaban J connectivity index is 3.11. The normalized spacial score (nSPS) is 11.7. The molecule has 0 aliphatic carbocycles.